The van der Waals surface area contributed by atoms with Gasteiger partial charge in [0, 0.05) is 27.7 Å². The molecule has 0 amide bonds. The first-order chi connectivity index (χ1) is 10.1. The summed E-state index contributed by atoms with van der Waals surface area (Å²) in [6.07, 6.45) is 1.74. The second-order valence-electron chi connectivity index (χ2n) is 4.69. The van der Waals surface area contributed by atoms with Crippen LogP contribution in [-0.4, -0.2) is 15.6 Å². The Bertz CT molecular complexity index is 821. The van der Waals surface area contributed by atoms with E-state index in [1.165, 1.54) is 6.07 Å². The zero-order valence-corrected chi connectivity index (χ0v) is 11.6. The summed E-state index contributed by atoms with van der Waals surface area (Å²) in [5.74, 6) is -1.36. The molecule has 0 radical (unpaired) electrons. The minimum absolute atomic E-state index is 0.228. The molecule has 0 fully saturated rings. The zero-order chi connectivity index (χ0) is 15.0. The normalized spacial score (nSPS) is 11.0. The molecule has 1 heterocycles. The number of carboxylic acid groups (broad SMARTS) is 1. The number of carboxylic acids is 1. The highest BCUT2D eigenvalue weighted by Gasteiger charge is 2.13. The number of benzene rings is 2. The lowest BCUT2D eigenvalue weighted by atomic mass is 10.1. The van der Waals surface area contributed by atoms with Gasteiger partial charge in [-0.1, -0.05) is 23.7 Å². The van der Waals surface area contributed by atoms with Gasteiger partial charge in [0.05, 0.1) is 12.1 Å². The molecular formula is C16H11ClFNO2. The maximum absolute atomic E-state index is 13.9. The molecule has 1 N–H and O–H groups in total. The highest BCUT2D eigenvalue weighted by molar-refractivity contribution is 6.31. The predicted molar refractivity (Wildman–Crippen MR) is 79.4 cm³/mol. The van der Waals surface area contributed by atoms with Gasteiger partial charge in [-0.3, -0.25) is 0 Å². The van der Waals surface area contributed by atoms with Gasteiger partial charge >= 0.3 is 5.97 Å². The summed E-state index contributed by atoms with van der Waals surface area (Å²) in [7, 11) is 0. The Labute approximate surface area is 125 Å². The van der Waals surface area contributed by atoms with Crippen LogP contribution in [0.25, 0.3) is 10.9 Å². The average Bonchev–Trinajstić information content (AvgIpc) is 2.86. The summed E-state index contributed by atoms with van der Waals surface area (Å²) < 4.78 is 15.6. The number of hydrogen-bond donors (Lipinski definition) is 1. The van der Waals surface area contributed by atoms with Crippen LogP contribution in [0.1, 0.15) is 15.9 Å². The van der Waals surface area contributed by atoms with Gasteiger partial charge in [0.15, 0.2) is 0 Å². The highest BCUT2D eigenvalue weighted by Crippen LogP contribution is 2.25. The molecule has 21 heavy (non-hydrogen) atoms. The Hall–Kier alpha value is -2.33. The molecule has 3 nitrogen and oxygen atoms in total. The number of carbonyl (C=O) groups is 1. The van der Waals surface area contributed by atoms with Crippen LogP contribution in [0.5, 0.6) is 0 Å². The van der Waals surface area contributed by atoms with E-state index < -0.39 is 5.97 Å². The molecule has 106 valence electrons. The maximum atomic E-state index is 13.9. The standard InChI is InChI=1S/C16H11ClFNO2/c17-13-4-2-5-14(18)12(13)9-19-8-7-10-11(16(20)21)3-1-6-15(10)19/h1-8H,9H2,(H,20,21). The second-order valence-corrected chi connectivity index (χ2v) is 5.09. The number of nitrogens with zero attached hydrogens (tertiary/aromatic N) is 1. The Kier molecular flexibility index (Phi) is 3.39. The van der Waals surface area contributed by atoms with Crippen LogP contribution in [0.15, 0.2) is 48.7 Å². The fourth-order valence-electron chi connectivity index (χ4n) is 2.40. The molecule has 1 aromatic heterocycles. The van der Waals surface area contributed by atoms with E-state index in [9.17, 15) is 14.3 Å². The minimum Gasteiger partial charge on any atom is -0.478 e. The summed E-state index contributed by atoms with van der Waals surface area (Å²) in [6, 6.07) is 11.3. The van der Waals surface area contributed by atoms with E-state index in [1.54, 1.807) is 47.2 Å². The largest absolute Gasteiger partial charge is 0.478 e. The van der Waals surface area contributed by atoms with E-state index in [0.29, 0.717) is 16.0 Å². The molecule has 0 spiro atoms. The van der Waals surface area contributed by atoms with Gasteiger partial charge in [0.2, 0.25) is 0 Å². The smallest absolute Gasteiger partial charge is 0.336 e. The van der Waals surface area contributed by atoms with Crippen molar-refractivity contribution in [3.63, 3.8) is 0 Å². The van der Waals surface area contributed by atoms with Crippen molar-refractivity contribution in [3.8, 4) is 0 Å². The molecule has 5 heteroatoms. The molecule has 0 atom stereocenters. The summed E-state index contributed by atoms with van der Waals surface area (Å²) in [5, 5.41) is 10.2. The van der Waals surface area contributed by atoms with Crippen LogP contribution in [-0.2, 0) is 6.54 Å². The first kappa shape index (κ1) is 13.6. The van der Waals surface area contributed by atoms with Gasteiger partial charge in [-0.15, -0.1) is 0 Å². The van der Waals surface area contributed by atoms with Crippen LogP contribution in [0.2, 0.25) is 5.02 Å². The Morgan fingerprint density at radius 3 is 2.67 bits per heavy atom. The molecular weight excluding hydrogens is 293 g/mol. The second kappa shape index (κ2) is 5.22. The molecule has 0 aliphatic heterocycles. The van der Waals surface area contributed by atoms with Gasteiger partial charge in [-0.2, -0.15) is 0 Å². The lowest BCUT2D eigenvalue weighted by Gasteiger charge is -2.09. The first-order valence-electron chi connectivity index (χ1n) is 6.32. The number of hydrogen-bond acceptors (Lipinski definition) is 1. The van der Waals surface area contributed by atoms with Crippen LogP contribution < -0.4 is 0 Å². The van der Waals surface area contributed by atoms with Crippen molar-refractivity contribution >= 4 is 28.5 Å². The summed E-state index contributed by atoms with van der Waals surface area (Å²) in [5.41, 5.74) is 1.34. The lowest BCUT2D eigenvalue weighted by Crippen LogP contribution is -2.02. The lowest BCUT2D eigenvalue weighted by molar-refractivity contribution is 0.0699. The summed E-state index contributed by atoms with van der Waals surface area (Å²) >= 11 is 6.03. The molecule has 0 bridgehead atoms. The number of aromatic nitrogens is 1. The van der Waals surface area contributed by atoms with E-state index in [1.807, 2.05) is 0 Å². The van der Waals surface area contributed by atoms with Crippen LogP contribution in [0, 0.1) is 5.82 Å². The molecule has 3 aromatic rings. The van der Waals surface area contributed by atoms with Crippen molar-refractivity contribution in [1.82, 2.24) is 4.57 Å². The van der Waals surface area contributed by atoms with Crippen LogP contribution in [0.4, 0.5) is 4.39 Å². The minimum atomic E-state index is -0.984. The number of halogens is 2. The predicted octanol–water partition coefficient (Wildman–Crippen LogP) is 4.18. The van der Waals surface area contributed by atoms with Gasteiger partial charge < -0.3 is 9.67 Å². The van der Waals surface area contributed by atoms with Crippen molar-refractivity contribution < 1.29 is 14.3 Å². The van der Waals surface area contributed by atoms with Gasteiger partial charge in [0.25, 0.3) is 0 Å². The van der Waals surface area contributed by atoms with E-state index in [0.717, 1.165) is 5.52 Å². The number of rotatable bonds is 3. The number of aromatic carboxylic acids is 1. The van der Waals surface area contributed by atoms with Crippen molar-refractivity contribution in [2.75, 3.05) is 0 Å². The van der Waals surface area contributed by atoms with Crippen molar-refractivity contribution in [3.05, 3.63) is 70.6 Å². The third-order valence-corrected chi connectivity index (χ3v) is 3.79. The number of fused-ring (bicyclic) bond motifs is 1. The fraction of sp³-hybridized carbons (Fsp3) is 0.0625. The third kappa shape index (κ3) is 2.38. The van der Waals surface area contributed by atoms with E-state index >= 15 is 0 Å². The van der Waals surface area contributed by atoms with Crippen LogP contribution in [0.3, 0.4) is 0 Å². The van der Waals surface area contributed by atoms with E-state index in [-0.39, 0.29) is 17.9 Å². The maximum Gasteiger partial charge on any atom is 0.336 e. The SMILES string of the molecule is O=C(O)c1cccc2c1ccn2Cc1c(F)cccc1Cl. The van der Waals surface area contributed by atoms with Gasteiger partial charge in [-0.25, -0.2) is 9.18 Å². The van der Waals surface area contributed by atoms with E-state index in [4.69, 9.17) is 11.6 Å². The average molecular weight is 304 g/mol. The quantitative estimate of drug-likeness (QED) is 0.788. The molecule has 0 unspecified atom stereocenters. The van der Waals surface area contributed by atoms with Crippen molar-refractivity contribution in [2.45, 2.75) is 6.54 Å². The monoisotopic (exact) mass is 303 g/mol. The van der Waals surface area contributed by atoms with Crippen molar-refractivity contribution in [2.24, 2.45) is 0 Å². The van der Waals surface area contributed by atoms with Gasteiger partial charge in [0.1, 0.15) is 5.82 Å². The molecule has 3 rings (SSSR count). The summed E-state index contributed by atoms with van der Waals surface area (Å²) in [6.45, 7) is 0.248. The van der Waals surface area contributed by atoms with Crippen LogP contribution >= 0.6 is 11.6 Å². The molecule has 0 aliphatic rings. The molecule has 2 aromatic carbocycles. The molecule has 0 saturated carbocycles. The summed E-state index contributed by atoms with van der Waals surface area (Å²) in [4.78, 5) is 11.2. The zero-order valence-electron chi connectivity index (χ0n) is 10.9. The van der Waals surface area contributed by atoms with Gasteiger partial charge in [-0.05, 0) is 30.3 Å². The molecule has 0 saturated heterocycles. The third-order valence-electron chi connectivity index (χ3n) is 3.43. The van der Waals surface area contributed by atoms with E-state index in [2.05, 4.69) is 0 Å². The first-order valence-corrected chi connectivity index (χ1v) is 6.70. The molecule has 0 aliphatic carbocycles. The van der Waals surface area contributed by atoms with Crippen molar-refractivity contribution in [1.29, 1.82) is 0 Å². The highest BCUT2D eigenvalue weighted by atomic mass is 35.5. The Morgan fingerprint density at radius 1 is 1.19 bits per heavy atom. The topological polar surface area (TPSA) is 42.2 Å². The Morgan fingerprint density at radius 2 is 1.95 bits per heavy atom. The Balaban J connectivity index is 2.10. The fourth-order valence-corrected chi connectivity index (χ4v) is 2.62.